The average Bonchev–Trinajstić information content (AvgIpc) is 3.02. The van der Waals surface area contributed by atoms with Gasteiger partial charge in [0.1, 0.15) is 8.24 Å². The summed E-state index contributed by atoms with van der Waals surface area (Å²) in [6.45, 7) is 21.1. The monoisotopic (exact) mass is 337 g/mol. The van der Waals surface area contributed by atoms with E-state index in [-0.39, 0.29) is 5.92 Å². The number of hydrogen-bond acceptors (Lipinski definition) is 3. The van der Waals surface area contributed by atoms with Gasteiger partial charge in [0.25, 0.3) is 0 Å². The fourth-order valence-corrected chi connectivity index (χ4v) is 12.6. The first-order valence-corrected chi connectivity index (χ1v) is 11.9. The van der Waals surface area contributed by atoms with Crippen LogP contribution >= 0.6 is 0 Å². The Labute approximate surface area is 146 Å². The third kappa shape index (κ3) is 4.18. The SMILES string of the molecule is CCC(C)[Si](C(C)CC)(C(C)CC)N1CCN(CC(C)C#N)C1. The van der Waals surface area contributed by atoms with Crippen LogP contribution in [0.1, 0.15) is 67.7 Å². The molecule has 134 valence electrons. The third-order valence-electron chi connectivity index (χ3n) is 6.56. The van der Waals surface area contributed by atoms with Crippen LogP contribution in [0.2, 0.25) is 16.6 Å². The number of nitrogens with zero attached hydrogens (tertiary/aromatic N) is 3. The second-order valence-corrected chi connectivity index (χ2v) is 13.2. The van der Waals surface area contributed by atoms with E-state index in [4.69, 9.17) is 5.26 Å². The first-order chi connectivity index (χ1) is 10.9. The van der Waals surface area contributed by atoms with Crippen molar-refractivity contribution in [1.29, 1.82) is 5.26 Å². The summed E-state index contributed by atoms with van der Waals surface area (Å²) < 4.78 is 2.91. The summed E-state index contributed by atoms with van der Waals surface area (Å²) >= 11 is 0. The Morgan fingerprint density at radius 1 is 0.913 bits per heavy atom. The van der Waals surface area contributed by atoms with Gasteiger partial charge in [0.2, 0.25) is 0 Å². The summed E-state index contributed by atoms with van der Waals surface area (Å²) in [6.07, 6.45) is 3.89. The Morgan fingerprint density at radius 3 is 1.78 bits per heavy atom. The fraction of sp³-hybridized carbons (Fsp3) is 0.947. The topological polar surface area (TPSA) is 30.3 Å². The lowest BCUT2D eigenvalue weighted by Crippen LogP contribution is -2.61. The summed E-state index contributed by atoms with van der Waals surface area (Å²) in [4.78, 5) is 2.52. The molecule has 1 fully saturated rings. The minimum Gasteiger partial charge on any atom is -0.309 e. The van der Waals surface area contributed by atoms with E-state index >= 15 is 0 Å². The van der Waals surface area contributed by atoms with E-state index in [2.05, 4.69) is 57.1 Å². The molecule has 0 bridgehead atoms. The summed E-state index contributed by atoms with van der Waals surface area (Å²) in [6, 6.07) is 2.40. The summed E-state index contributed by atoms with van der Waals surface area (Å²) in [5, 5.41) is 9.12. The Morgan fingerprint density at radius 2 is 1.39 bits per heavy atom. The maximum Gasteiger partial charge on any atom is 0.138 e. The summed E-state index contributed by atoms with van der Waals surface area (Å²) in [7, 11) is -1.57. The molecule has 0 N–H and O–H groups in total. The van der Waals surface area contributed by atoms with Crippen LogP contribution < -0.4 is 0 Å². The van der Waals surface area contributed by atoms with Gasteiger partial charge < -0.3 is 4.57 Å². The maximum absolute atomic E-state index is 9.12. The van der Waals surface area contributed by atoms with E-state index in [9.17, 15) is 0 Å². The minimum atomic E-state index is -1.57. The van der Waals surface area contributed by atoms with Crippen LogP contribution in [0.4, 0.5) is 0 Å². The molecule has 23 heavy (non-hydrogen) atoms. The Bertz CT molecular complexity index is 366. The molecule has 0 aromatic heterocycles. The molecular formula is C19H39N3Si. The highest BCUT2D eigenvalue weighted by molar-refractivity contribution is 6.81. The van der Waals surface area contributed by atoms with Gasteiger partial charge in [-0.25, -0.2) is 0 Å². The molecule has 1 saturated heterocycles. The van der Waals surface area contributed by atoms with Crippen molar-refractivity contribution in [2.75, 3.05) is 26.3 Å². The lowest BCUT2D eigenvalue weighted by atomic mass is 10.2. The largest absolute Gasteiger partial charge is 0.309 e. The highest BCUT2D eigenvalue weighted by atomic mass is 28.3. The van der Waals surface area contributed by atoms with Gasteiger partial charge in [0, 0.05) is 26.3 Å². The highest BCUT2D eigenvalue weighted by Gasteiger charge is 2.52. The molecule has 1 heterocycles. The van der Waals surface area contributed by atoms with Crippen molar-refractivity contribution >= 4 is 8.24 Å². The van der Waals surface area contributed by atoms with Crippen LogP contribution in [0.5, 0.6) is 0 Å². The smallest absolute Gasteiger partial charge is 0.138 e. The van der Waals surface area contributed by atoms with Gasteiger partial charge in [-0.05, 0) is 23.5 Å². The molecule has 0 amide bonds. The standard InChI is InChI=1S/C19H39N3Si/c1-8-17(5)23(18(6)9-2,19(7)10-3)22-12-11-21(15-22)14-16(4)13-20/h16-19H,8-12,14-15H2,1-7H3. The van der Waals surface area contributed by atoms with Crippen molar-refractivity contribution in [2.24, 2.45) is 5.92 Å². The zero-order valence-corrected chi connectivity index (χ0v) is 17.6. The maximum atomic E-state index is 9.12. The molecule has 0 aromatic rings. The fourth-order valence-electron chi connectivity index (χ4n) is 4.91. The van der Waals surface area contributed by atoms with Gasteiger partial charge in [0.05, 0.1) is 12.0 Å². The molecule has 4 unspecified atom stereocenters. The molecule has 1 rings (SSSR count). The van der Waals surface area contributed by atoms with Crippen molar-refractivity contribution in [3.8, 4) is 6.07 Å². The zero-order valence-electron chi connectivity index (χ0n) is 16.6. The second-order valence-electron chi connectivity index (χ2n) is 7.83. The van der Waals surface area contributed by atoms with Gasteiger partial charge in [-0.2, -0.15) is 5.26 Å². The van der Waals surface area contributed by atoms with E-state index in [1.807, 2.05) is 6.92 Å². The summed E-state index contributed by atoms with van der Waals surface area (Å²) in [5.41, 5.74) is 2.50. The summed E-state index contributed by atoms with van der Waals surface area (Å²) in [5.74, 6) is 0.141. The van der Waals surface area contributed by atoms with Crippen molar-refractivity contribution in [3.63, 3.8) is 0 Å². The van der Waals surface area contributed by atoms with Gasteiger partial charge in [-0.1, -0.05) is 60.8 Å². The van der Waals surface area contributed by atoms with Gasteiger partial charge in [-0.3, -0.25) is 4.90 Å². The van der Waals surface area contributed by atoms with Crippen LogP contribution in [0, 0.1) is 17.2 Å². The van der Waals surface area contributed by atoms with Crippen LogP contribution in [-0.2, 0) is 0 Å². The first-order valence-electron chi connectivity index (χ1n) is 9.75. The van der Waals surface area contributed by atoms with E-state index < -0.39 is 8.24 Å². The second kappa shape index (κ2) is 9.20. The Kier molecular flexibility index (Phi) is 8.27. The van der Waals surface area contributed by atoms with Gasteiger partial charge >= 0.3 is 0 Å². The van der Waals surface area contributed by atoms with E-state index in [0.717, 1.165) is 36.4 Å². The lowest BCUT2D eigenvalue weighted by Gasteiger charge is -2.52. The average molecular weight is 338 g/mol. The molecule has 4 heteroatoms. The van der Waals surface area contributed by atoms with E-state index in [1.165, 1.54) is 25.8 Å². The molecule has 3 nitrogen and oxygen atoms in total. The Balaban J connectivity index is 3.08. The van der Waals surface area contributed by atoms with Crippen LogP contribution in [0.25, 0.3) is 0 Å². The van der Waals surface area contributed by atoms with Crippen LogP contribution in [0.3, 0.4) is 0 Å². The van der Waals surface area contributed by atoms with Gasteiger partial charge in [-0.15, -0.1) is 0 Å². The third-order valence-corrected chi connectivity index (χ3v) is 14.0. The van der Waals surface area contributed by atoms with Gasteiger partial charge in [0.15, 0.2) is 0 Å². The molecule has 0 aromatic carbocycles. The normalized spacial score (nSPS) is 24.6. The van der Waals surface area contributed by atoms with Crippen molar-refractivity contribution in [3.05, 3.63) is 0 Å². The predicted octanol–water partition coefficient (Wildman–Crippen LogP) is 5.07. The minimum absolute atomic E-state index is 0.141. The van der Waals surface area contributed by atoms with E-state index in [1.54, 1.807) is 0 Å². The lowest BCUT2D eigenvalue weighted by molar-refractivity contribution is 0.275. The number of nitriles is 1. The highest BCUT2D eigenvalue weighted by Crippen LogP contribution is 2.49. The predicted molar refractivity (Wildman–Crippen MR) is 103 cm³/mol. The van der Waals surface area contributed by atoms with Crippen LogP contribution in [-0.4, -0.2) is 44.0 Å². The number of rotatable bonds is 9. The molecule has 4 atom stereocenters. The molecule has 1 aliphatic heterocycles. The molecule has 0 spiro atoms. The Hall–Kier alpha value is -0.373. The molecule has 0 saturated carbocycles. The van der Waals surface area contributed by atoms with Crippen molar-refractivity contribution in [1.82, 2.24) is 9.47 Å². The molecular weight excluding hydrogens is 298 g/mol. The molecule has 0 radical (unpaired) electrons. The van der Waals surface area contributed by atoms with E-state index in [0.29, 0.717) is 0 Å². The van der Waals surface area contributed by atoms with Crippen molar-refractivity contribution in [2.45, 2.75) is 84.4 Å². The molecule has 0 aliphatic carbocycles. The zero-order chi connectivity index (χ0) is 17.6. The quantitative estimate of drug-likeness (QED) is 0.550. The van der Waals surface area contributed by atoms with Crippen LogP contribution in [0.15, 0.2) is 0 Å². The molecule has 1 aliphatic rings. The number of hydrogen-bond donors (Lipinski definition) is 0. The first kappa shape index (κ1) is 20.7. The van der Waals surface area contributed by atoms with Crippen molar-refractivity contribution < 1.29 is 0 Å².